The molecule has 0 aliphatic rings. The summed E-state index contributed by atoms with van der Waals surface area (Å²) >= 11 is 0. The first-order valence-corrected chi connectivity index (χ1v) is 7.48. The van der Waals surface area contributed by atoms with E-state index in [-0.39, 0.29) is 12.2 Å². The van der Waals surface area contributed by atoms with Crippen molar-refractivity contribution in [1.82, 2.24) is 9.78 Å². The van der Waals surface area contributed by atoms with Gasteiger partial charge in [0, 0.05) is 18.4 Å². The summed E-state index contributed by atoms with van der Waals surface area (Å²) in [5.41, 5.74) is 2.05. The van der Waals surface area contributed by atoms with E-state index in [4.69, 9.17) is 4.74 Å². The molecule has 7 nitrogen and oxygen atoms in total. The molecule has 0 atom stereocenters. The van der Waals surface area contributed by atoms with Gasteiger partial charge in [-0.3, -0.25) is 14.3 Å². The normalized spacial score (nSPS) is 10.3. The van der Waals surface area contributed by atoms with Crippen molar-refractivity contribution in [1.29, 1.82) is 0 Å². The summed E-state index contributed by atoms with van der Waals surface area (Å²) in [6.07, 6.45) is 0. The number of ether oxygens (including phenoxy) is 1. The molecule has 0 saturated heterocycles. The molecule has 0 aliphatic carbocycles. The van der Waals surface area contributed by atoms with Crippen LogP contribution in [0.25, 0.3) is 0 Å². The van der Waals surface area contributed by atoms with E-state index in [1.165, 1.54) is 6.07 Å². The first-order valence-electron chi connectivity index (χ1n) is 7.48. The summed E-state index contributed by atoms with van der Waals surface area (Å²) in [6, 6.07) is 6.24. The van der Waals surface area contributed by atoms with E-state index in [0.717, 1.165) is 0 Å². The zero-order valence-corrected chi connectivity index (χ0v) is 14.0. The lowest BCUT2D eigenvalue weighted by molar-refractivity contribution is -0.112. The van der Waals surface area contributed by atoms with Crippen LogP contribution in [-0.2, 0) is 16.6 Å². The topological polar surface area (TPSA) is 90.3 Å². The van der Waals surface area contributed by atoms with Crippen LogP contribution in [0.2, 0.25) is 0 Å². The first kappa shape index (κ1) is 17.4. The lowest BCUT2D eigenvalue weighted by Gasteiger charge is -2.07. The van der Waals surface area contributed by atoms with Crippen LogP contribution in [0, 0.1) is 13.8 Å². The molecule has 0 radical (unpaired) electrons. The number of hydrogen-bond acceptors (Lipinski definition) is 5. The zero-order valence-electron chi connectivity index (χ0n) is 14.0. The number of ketones is 1. The van der Waals surface area contributed by atoms with E-state index in [2.05, 4.69) is 10.4 Å². The van der Waals surface area contributed by atoms with Crippen LogP contribution in [0.3, 0.4) is 0 Å². The standard InChI is InChI=1S/C17H19N3O4/c1-5-24-17(23)12-7-6-8-13(9-12)18-16(22)15(21)14-10(2)19-20(4)11(14)3/h6-9H,5H2,1-4H3,(H,18,22). The summed E-state index contributed by atoms with van der Waals surface area (Å²) in [6.45, 7) is 5.37. The van der Waals surface area contributed by atoms with Crippen molar-refractivity contribution in [3.8, 4) is 0 Å². The van der Waals surface area contributed by atoms with Crippen LogP contribution in [0.5, 0.6) is 0 Å². The highest BCUT2D eigenvalue weighted by molar-refractivity contribution is 6.47. The molecule has 0 bridgehead atoms. The number of aryl methyl sites for hydroxylation is 2. The zero-order chi connectivity index (χ0) is 17.9. The maximum Gasteiger partial charge on any atom is 0.338 e. The molecule has 1 heterocycles. The second-order valence-electron chi connectivity index (χ2n) is 5.25. The second-order valence-corrected chi connectivity index (χ2v) is 5.25. The number of benzene rings is 1. The molecule has 126 valence electrons. The third-order valence-electron chi connectivity index (χ3n) is 3.57. The van der Waals surface area contributed by atoms with E-state index in [0.29, 0.717) is 22.6 Å². The highest BCUT2D eigenvalue weighted by Gasteiger charge is 2.24. The minimum absolute atomic E-state index is 0.257. The molecule has 7 heteroatoms. The Morgan fingerprint density at radius 2 is 1.96 bits per heavy atom. The Morgan fingerprint density at radius 1 is 1.25 bits per heavy atom. The van der Waals surface area contributed by atoms with Crippen LogP contribution in [0.4, 0.5) is 5.69 Å². The van der Waals surface area contributed by atoms with Crippen LogP contribution < -0.4 is 5.32 Å². The van der Waals surface area contributed by atoms with Crippen LogP contribution in [-0.4, -0.2) is 34.0 Å². The summed E-state index contributed by atoms with van der Waals surface area (Å²) in [5.74, 6) is -1.94. The minimum Gasteiger partial charge on any atom is -0.462 e. The maximum atomic E-state index is 12.4. The third kappa shape index (κ3) is 3.51. The Hall–Kier alpha value is -2.96. The summed E-state index contributed by atoms with van der Waals surface area (Å²) in [5, 5.41) is 6.64. The van der Waals surface area contributed by atoms with Gasteiger partial charge in [0.2, 0.25) is 0 Å². The Labute approximate surface area is 139 Å². The number of nitrogens with zero attached hydrogens (tertiary/aromatic N) is 2. The average Bonchev–Trinajstić information content (AvgIpc) is 2.79. The van der Waals surface area contributed by atoms with Crippen molar-refractivity contribution >= 4 is 23.3 Å². The van der Waals surface area contributed by atoms with E-state index < -0.39 is 17.7 Å². The first-order chi connectivity index (χ1) is 11.3. The van der Waals surface area contributed by atoms with Gasteiger partial charge >= 0.3 is 5.97 Å². The second kappa shape index (κ2) is 7.08. The molecule has 0 fully saturated rings. The molecule has 24 heavy (non-hydrogen) atoms. The van der Waals surface area contributed by atoms with Gasteiger partial charge in [0.25, 0.3) is 11.7 Å². The highest BCUT2D eigenvalue weighted by Crippen LogP contribution is 2.16. The molecule has 2 aromatic rings. The van der Waals surface area contributed by atoms with Gasteiger partial charge in [0.15, 0.2) is 0 Å². The van der Waals surface area contributed by atoms with Gasteiger partial charge in [-0.2, -0.15) is 5.10 Å². The van der Waals surface area contributed by atoms with Crippen molar-refractivity contribution in [2.45, 2.75) is 20.8 Å². The number of amides is 1. The molecule has 0 saturated carbocycles. The monoisotopic (exact) mass is 329 g/mol. The molecule has 1 aromatic carbocycles. The minimum atomic E-state index is -0.782. The van der Waals surface area contributed by atoms with Gasteiger partial charge in [0.1, 0.15) is 0 Å². The largest absolute Gasteiger partial charge is 0.462 e. The Kier molecular flexibility index (Phi) is 5.13. The van der Waals surface area contributed by atoms with E-state index in [1.54, 1.807) is 50.7 Å². The van der Waals surface area contributed by atoms with Gasteiger partial charge in [-0.05, 0) is 39.0 Å². The van der Waals surface area contributed by atoms with Crippen molar-refractivity contribution < 1.29 is 19.1 Å². The number of aromatic nitrogens is 2. The Balaban J connectivity index is 2.19. The molecule has 1 N–H and O–H groups in total. The molecule has 0 unspecified atom stereocenters. The van der Waals surface area contributed by atoms with Gasteiger partial charge < -0.3 is 10.1 Å². The number of carbonyl (C=O) groups excluding carboxylic acids is 3. The number of rotatable bonds is 5. The van der Waals surface area contributed by atoms with Gasteiger partial charge in [-0.1, -0.05) is 6.07 Å². The number of hydrogen-bond donors (Lipinski definition) is 1. The SMILES string of the molecule is CCOC(=O)c1cccc(NC(=O)C(=O)c2c(C)nn(C)c2C)c1. The summed E-state index contributed by atoms with van der Waals surface area (Å²) in [4.78, 5) is 36.3. The van der Waals surface area contributed by atoms with Gasteiger partial charge in [-0.25, -0.2) is 4.79 Å². The Morgan fingerprint density at radius 3 is 2.54 bits per heavy atom. The smallest absolute Gasteiger partial charge is 0.338 e. The van der Waals surface area contributed by atoms with Gasteiger partial charge in [0.05, 0.1) is 23.4 Å². The lowest BCUT2D eigenvalue weighted by Crippen LogP contribution is -2.24. The Bertz CT molecular complexity index is 808. The van der Waals surface area contributed by atoms with E-state index in [9.17, 15) is 14.4 Å². The summed E-state index contributed by atoms with van der Waals surface area (Å²) in [7, 11) is 1.71. The third-order valence-corrected chi connectivity index (χ3v) is 3.57. The number of Topliss-reactive ketones (excluding diaryl/α,β-unsaturated/α-hetero) is 1. The quantitative estimate of drug-likeness (QED) is 0.515. The van der Waals surface area contributed by atoms with Gasteiger partial charge in [-0.15, -0.1) is 0 Å². The molecule has 1 amide bonds. The molecule has 0 spiro atoms. The molecular weight excluding hydrogens is 310 g/mol. The van der Waals surface area contributed by atoms with Crippen molar-refractivity contribution in [3.63, 3.8) is 0 Å². The fraction of sp³-hybridized carbons (Fsp3) is 0.294. The van der Waals surface area contributed by atoms with Crippen molar-refractivity contribution in [2.24, 2.45) is 7.05 Å². The number of esters is 1. The van der Waals surface area contributed by atoms with E-state index in [1.807, 2.05) is 0 Å². The molecule has 2 rings (SSSR count). The molecule has 1 aromatic heterocycles. The number of anilines is 1. The number of nitrogens with one attached hydrogen (secondary N) is 1. The van der Waals surface area contributed by atoms with Crippen LogP contribution >= 0.6 is 0 Å². The fourth-order valence-electron chi connectivity index (χ4n) is 2.34. The predicted molar refractivity (Wildman–Crippen MR) is 88.0 cm³/mol. The number of carbonyl (C=O) groups is 3. The van der Waals surface area contributed by atoms with Crippen LogP contribution in [0.15, 0.2) is 24.3 Å². The maximum absolute atomic E-state index is 12.4. The van der Waals surface area contributed by atoms with Crippen molar-refractivity contribution in [2.75, 3.05) is 11.9 Å². The fourth-order valence-corrected chi connectivity index (χ4v) is 2.34. The average molecular weight is 329 g/mol. The lowest BCUT2D eigenvalue weighted by atomic mass is 10.1. The highest BCUT2D eigenvalue weighted by atomic mass is 16.5. The molecule has 0 aliphatic heterocycles. The summed E-state index contributed by atoms with van der Waals surface area (Å²) < 4.78 is 6.46. The van der Waals surface area contributed by atoms with Crippen LogP contribution in [0.1, 0.15) is 39.0 Å². The van der Waals surface area contributed by atoms with E-state index >= 15 is 0 Å². The van der Waals surface area contributed by atoms with Crippen molar-refractivity contribution in [3.05, 3.63) is 46.8 Å². The molecular formula is C17H19N3O4. The predicted octanol–water partition coefficient (Wildman–Crippen LogP) is 2.04.